The lowest BCUT2D eigenvalue weighted by atomic mass is 9.35. The van der Waals surface area contributed by atoms with Crippen LogP contribution in [0, 0.1) is 0 Å². The molecule has 0 unspecified atom stereocenters. The van der Waals surface area contributed by atoms with Crippen molar-refractivity contribution in [2.75, 3.05) is 14.7 Å². The average molecular weight is 1150 g/mol. The third-order valence-electron chi connectivity index (χ3n) is 18.3. The van der Waals surface area contributed by atoms with Crippen LogP contribution in [0.25, 0.3) is 0 Å². The summed E-state index contributed by atoms with van der Waals surface area (Å²) in [6.07, 6.45) is 0. The molecule has 0 radical (unpaired) electrons. The number of ether oxygens (including phenoxy) is 1. The molecule has 0 amide bonds. The maximum atomic E-state index is 7.52. The molecule has 4 aliphatic rings. The molecule has 0 saturated heterocycles. The second-order valence-electron chi connectivity index (χ2n) is 22.6. The fourth-order valence-electron chi connectivity index (χ4n) is 14.8. The summed E-state index contributed by atoms with van der Waals surface area (Å²) in [7, 11) is -5.65. The highest BCUT2D eigenvalue weighted by Gasteiger charge is 2.51. The van der Waals surface area contributed by atoms with Gasteiger partial charge in [-0.25, -0.2) is 0 Å². The van der Waals surface area contributed by atoms with Crippen molar-refractivity contribution in [3.8, 4) is 11.5 Å². The molecule has 0 N–H and O–H groups in total. The van der Waals surface area contributed by atoms with E-state index in [1.807, 2.05) is 11.8 Å². The third-order valence-corrected chi connectivity index (χ3v) is 29.1. The van der Waals surface area contributed by atoms with Crippen LogP contribution in [0.5, 0.6) is 11.5 Å². The summed E-state index contributed by atoms with van der Waals surface area (Å²) in [6, 6.07) is 122. The second-order valence-corrected chi connectivity index (χ2v) is 31.2. The molecule has 404 valence electrons. The molecule has 4 heterocycles. The molecule has 13 aromatic rings. The molecule has 0 saturated carbocycles. The van der Waals surface area contributed by atoms with Crippen LogP contribution in [0.4, 0.5) is 51.2 Å². The van der Waals surface area contributed by atoms with Gasteiger partial charge in [0, 0.05) is 67.4 Å². The topological polar surface area (TPSA) is 19.0 Å². The van der Waals surface area contributed by atoms with Gasteiger partial charge in [0.25, 0.3) is 6.71 Å². The van der Waals surface area contributed by atoms with Crippen molar-refractivity contribution < 1.29 is 4.74 Å². The van der Waals surface area contributed by atoms with Crippen LogP contribution in [0.15, 0.2) is 337 Å². The monoisotopic (exact) mass is 1150 g/mol. The molecule has 0 spiro atoms. The van der Waals surface area contributed by atoms with Crippen molar-refractivity contribution in [1.29, 1.82) is 0 Å². The summed E-state index contributed by atoms with van der Waals surface area (Å²) in [4.78, 5) is 9.80. The van der Waals surface area contributed by atoms with E-state index in [2.05, 4.69) is 342 Å². The van der Waals surface area contributed by atoms with Crippen molar-refractivity contribution in [3.63, 3.8) is 0 Å². The first-order valence-electron chi connectivity index (χ1n) is 29.6. The van der Waals surface area contributed by atoms with E-state index in [0.29, 0.717) is 0 Å². The molecule has 0 bridgehead atoms. The minimum atomic E-state index is -2.83. The maximum Gasteiger partial charge on any atom is 0.253 e. The van der Waals surface area contributed by atoms with E-state index in [1.54, 1.807) is 0 Å². The Morgan fingerprint density at radius 1 is 0.302 bits per heavy atom. The van der Waals surface area contributed by atoms with E-state index in [1.165, 1.54) is 85.0 Å². The van der Waals surface area contributed by atoms with Gasteiger partial charge in [-0.3, -0.25) is 0 Å². The summed E-state index contributed by atoms with van der Waals surface area (Å²) in [5.74, 6) is 1.72. The quantitative estimate of drug-likeness (QED) is 0.134. The van der Waals surface area contributed by atoms with Gasteiger partial charge < -0.3 is 19.4 Å². The fourth-order valence-corrected chi connectivity index (χ4v) is 26.3. The second kappa shape index (κ2) is 20.3. The predicted octanol–water partition coefficient (Wildman–Crippen LogP) is 12.6. The van der Waals surface area contributed by atoms with E-state index in [0.717, 1.165) is 45.4 Å². The van der Waals surface area contributed by atoms with Crippen molar-refractivity contribution in [3.05, 3.63) is 328 Å². The summed E-state index contributed by atoms with van der Waals surface area (Å²) < 4.78 is 7.52. The highest BCUT2D eigenvalue weighted by molar-refractivity contribution is 8.00. The van der Waals surface area contributed by atoms with Crippen molar-refractivity contribution in [1.82, 2.24) is 0 Å². The first-order valence-corrected chi connectivity index (χ1v) is 34.4. The first kappa shape index (κ1) is 50.4. The van der Waals surface area contributed by atoms with E-state index in [-0.39, 0.29) is 6.71 Å². The molecule has 86 heavy (non-hydrogen) atoms. The highest BCUT2D eigenvalue weighted by Crippen LogP contribution is 2.47. The van der Waals surface area contributed by atoms with Crippen LogP contribution in [-0.2, 0) is 0 Å². The zero-order valence-electron chi connectivity index (χ0n) is 46.9. The minimum absolute atomic E-state index is 0.103. The SMILES string of the molecule is c1ccc(N(c2ccccc2)c2cc3c4c(c2)Sc2cc(N5c6ccccc6[Si](c6ccccc6)(c6ccccc6)c6ccccc65)ccc2B4c2ccc(N4c5ccccc5[Si](c5ccccc5)(c5ccccc5)c5ccccc54)cc2O3)cc1. The molecule has 17 rings (SSSR count). The first-order chi connectivity index (χ1) is 42.7. The van der Waals surface area contributed by atoms with Crippen LogP contribution in [0.3, 0.4) is 0 Å². The lowest BCUT2D eigenvalue weighted by molar-refractivity contribution is 0.486. The Hall–Kier alpha value is -10.1. The van der Waals surface area contributed by atoms with Crippen LogP contribution >= 0.6 is 11.8 Å². The van der Waals surface area contributed by atoms with Crippen LogP contribution in [0.1, 0.15) is 0 Å². The lowest BCUT2D eigenvalue weighted by Gasteiger charge is -2.45. The molecule has 4 nitrogen and oxygen atoms in total. The van der Waals surface area contributed by atoms with Crippen LogP contribution < -0.4 is 77.3 Å². The predicted molar refractivity (Wildman–Crippen MR) is 367 cm³/mol. The van der Waals surface area contributed by atoms with Gasteiger partial charge in [-0.15, -0.1) is 0 Å². The van der Waals surface area contributed by atoms with E-state index >= 15 is 0 Å². The summed E-state index contributed by atoms with van der Waals surface area (Å²) in [6.45, 7) is -0.103. The van der Waals surface area contributed by atoms with Gasteiger partial charge in [-0.2, -0.15) is 0 Å². The average Bonchev–Trinajstić information content (AvgIpc) is 0.775. The van der Waals surface area contributed by atoms with E-state index < -0.39 is 16.1 Å². The smallest absolute Gasteiger partial charge is 0.253 e. The molecular weight excluding hydrogens is 1090 g/mol. The molecule has 0 aromatic heterocycles. The van der Waals surface area contributed by atoms with E-state index in [4.69, 9.17) is 4.74 Å². The molecule has 0 atom stereocenters. The number of benzene rings is 13. The number of para-hydroxylation sites is 6. The van der Waals surface area contributed by atoms with E-state index in [9.17, 15) is 0 Å². The number of hydrogen-bond acceptors (Lipinski definition) is 5. The Kier molecular flexibility index (Phi) is 11.9. The van der Waals surface area contributed by atoms with Crippen molar-refractivity contribution in [2.24, 2.45) is 0 Å². The number of anilines is 9. The standard InChI is InChI=1S/C78H54BN3OSSi2/c1-7-27-55(28-8-1)80(56-29-9-2-10-30-56)59-52-71-78-73(54-59)84-72-53-58(82-68-41-21-25-45-76(68)86(62-35-15-5-16-36-62,63-37-17-6-18-38-63)77-46-26-22-42-69(77)82)48-50-65(72)79(78)64-49-47-57(51-70(64)83-71)81-66-39-19-23-43-74(66)85(60-31-11-3-12-32-60,61-33-13-4-14-34-61)75-44-24-20-40-67(75)81/h1-54H. The molecule has 8 heteroatoms. The largest absolute Gasteiger partial charge is 0.458 e. The zero-order chi connectivity index (χ0) is 56.8. The van der Waals surface area contributed by atoms with Gasteiger partial charge in [0.2, 0.25) is 0 Å². The minimum Gasteiger partial charge on any atom is -0.458 e. The number of hydrogen-bond donors (Lipinski definition) is 0. The van der Waals surface area contributed by atoms with Gasteiger partial charge in [0.05, 0.1) is 5.69 Å². The Morgan fingerprint density at radius 3 is 1.08 bits per heavy atom. The van der Waals surface area contributed by atoms with Gasteiger partial charge >= 0.3 is 0 Å². The van der Waals surface area contributed by atoms with Crippen LogP contribution in [0.2, 0.25) is 0 Å². The number of rotatable bonds is 9. The highest BCUT2D eigenvalue weighted by atomic mass is 32.2. The summed E-state index contributed by atoms with van der Waals surface area (Å²) >= 11 is 1.86. The van der Waals surface area contributed by atoms with Gasteiger partial charge in [-0.05, 0) is 125 Å². The Balaban J connectivity index is 0.859. The van der Waals surface area contributed by atoms with Gasteiger partial charge in [0.15, 0.2) is 16.1 Å². The Bertz CT molecular complexity index is 4280. The zero-order valence-corrected chi connectivity index (χ0v) is 49.7. The fraction of sp³-hybridized carbons (Fsp3) is 0. The van der Waals surface area contributed by atoms with Crippen LogP contribution in [-0.4, -0.2) is 22.9 Å². The molecule has 13 aromatic carbocycles. The summed E-state index contributed by atoms with van der Waals surface area (Å²) in [5, 5.41) is 11.0. The van der Waals surface area contributed by atoms with Crippen molar-refractivity contribution in [2.45, 2.75) is 9.79 Å². The number of nitrogens with zero attached hydrogens (tertiary/aromatic N) is 3. The Morgan fingerprint density at radius 2 is 0.663 bits per heavy atom. The molecule has 4 aliphatic heterocycles. The van der Waals surface area contributed by atoms with Crippen molar-refractivity contribution >= 4 is 144 Å². The Labute approximate surface area is 508 Å². The van der Waals surface area contributed by atoms with Gasteiger partial charge in [-0.1, -0.05) is 260 Å². The lowest BCUT2D eigenvalue weighted by Crippen LogP contribution is -2.77. The maximum absolute atomic E-state index is 7.52. The number of fused-ring (bicyclic) bond motifs is 8. The third kappa shape index (κ3) is 7.56. The summed E-state index contributed by atoms with van der Waals surface area (Å²) in [5.41, 5.74) is 13.8. The molecule has 0 fully saturated rings. The molecular formula is C78H54BN3OSSi2. The molecule has 0 aliphatic carbocycles. The normalized spacial score (nSPS) is 14.2. The van der Waals surface area contributed by atoms with Gasteiger partial charge in [0.1, 0.15) is 11.5 Å².